The maximum Gasteiger partial charge on any atom is 0.264 e. The summed E-state index contributed by atoms with van der Waals surface area (Å²) >= 11 is 5.85. The van der Waals surface area contributed by atoms with Crippen molar-refractivity contribution in [1.29, 1.82) is 0 Å². The molecule has 0 fully saturated rings. The van der Waals surface area contributed by atoms with E-state index in [-0.39, 0.29) is 18.9 Å². The van der Waals surface area contributed by atoms with Gasteiger partial charge in [-0.1, -0.05) is 11.6 Å². The monoisotopic (exact) mass is 314 g/mol. The third-order valence-corrected chi connectivity index (χ3v) is 2.79. The van der Waals surface area contributed by atoms with Gasteiger partial charge >= 0.3 is 0 Å². The smallest absolute Gasteiger partial charge is 0.264 e. The van der Waals surface area contributed by atoms with E-state index in [2.05, 4.69) is 15.6 Å². The summed E-state index contributed by atoms with van der Waals surface area (Å²) in [5, 5.41) is 0.658. The number of halogens is 1. The Morgan fingerprint density at radius 3 is 2.62 bits per heavy atom. The molecule has 0 heterocycles. The molecule has 0 aliphatic carbocycles. The van der Waals surface area contributed by atoms with Crippen LogP contribution in [-0.4, -0.2) is 32.1 Å². The molecule has 0 aromatic heterocycles. The Morgan fingerprint density at radius 2 is 1.95 bits per heavy atom. The van der Waals surface area contributed by atoms with Crippen molar-refractivity contribution in [3.63, 3.8) is 0 Å². The van der Waals surface area contributed by atoms with Gasteiger partial charge in [0, 0.05) is 18.6 Å². The summed E-state index contributed by atoms with van der Waals surface area (Å²) in [5.74, 6) is 0.0583. The Balaban J connectivity index is 2.18. The number of nitrogens with one attached hydrogen (secondary N) is 2. The predicted octanol–water partition coefficient (Wildman–Crippen LogP) is 1.60. The number of carbonyl (C=O) groups is 2. The van der Waals surface area contributed by atoms with E-state index in [1.165, 1.54) is 7.11 Å². The van der Waals surface area contributed by atoms with Gasteiger partial charge in [-0.3, -0.25) is 20.4 Å². The summed E-state index contributed by atoms with van der Waals surface area (Å²) < 4.78 is 10.2. The highest BCUT2D eigenvalue weighted by Gasteiger charge is 2.05. The number of hydrogen-bond acceptors (Lipinski definition) is 4. The molecule has 21 heavy (non-hydrogen) atoms. The first kappa shape index (κ1) is 17.3. The normalized spacial score (nSPS) is 10.0. The molecule has 0 spiro atoms. The highest BCUT2D eigenvalue weighted by atomic mass is 35.5. The van der Waals surface area contributed by atoms with E-state index in [1.54, 1.807) is 12.1 Å². The Morgan fingerprint density at radius 1 is 1.24 bits per heavy atom. The zero-order valence-electron chi connectivity index (χ0n) is 12.1. The van der Waals surface area contributed by atoms with Gasteiger partial charge in [-0.25, -0.2) is 0 Å². The van der Waals surface area contributed by atoms with Crippen molar-refractivity contribution in [2.75, 3.05) is 20.3 Å². The van der Waals surface area contributed by atoms with Crippen molar-refractivity contribution in [3.05, 3.63) is 28.8 Å². The Labute approximate surface area is 128 Å². The lowest BCUT2D eigenvalue weighted by atomic mass is 10.2. The van der Waals surface area contributed by atoms with E-state index in [9.17, 15) is 9.59 Å². The summed E-state index contributed by atoms with van der Waals surface area (Å²) in [6, 6.07) is 5.36. The molecule has 0 bridgehead atoms. The summed E-state index contributed by atoms with van der Waals surface area (Å²) in [4.78, 5) is 22.5. The highest BCUT2D eigenvalue weighted by Crippen LogP contribution is 2.21. The number of methoxy groups -OCH3 is 1. The van der Waals surface area contributed by atoms with Crippen LogP contribution in [0.15, 0.2) is 18.2 Å². The Bertz CT molecular complexity index is 494. The molecule has 0 unspecified atom stereocenters. The lowest BCUT2D eigenvalue weighted by Gasteiger charge is -2.10. The SMILES string of the molecule is COCC(=O)NNC(=O)CCCOc1ccc(Cl)cc1C. The third-order valence-electron chi connectivity index (χ3n) is 2.56. The van der Waals surface area contributed by atoms with Gasteiger partial charge in [-0.05, 0) is 37.1 Å². The number of carbonyl (C=O) groups excluding carboxylic acids is 2. The average Bonchev–Trinajstić information content (AvgIpc) is 2.43. The van der Waals surface area contributed by atoms with Gasteiger partial charge in [0.25, 0.3) is 5.91 Å². The number of hydrazine groups is 1. The number of hydrogen-bond donors (Lipinski definition) is 2. The van der Waals surface area contributed by atoms with Crippen LogP contribution in [-0.2, 0) is 14.3 Å². The molecule has 0 aliphatic heterocycles. The zero-order valence-corrected chi connectivity index (χ0v) is 12.8. The first-order chi connectivity index (χ1) is 10.0. The summed E-state index contributed by atoms with van der Waals surface area (Å²) in [7, 11) is 1.40. The molecule has 6 nitrogen and oxygen atoms in total. The first-order valence-electron chi connectivity index (χ1n) is 6.48. The standard InChI is InChI=1S/C14H19ClN2O4/c1-10-8-11(15)5-6-12(10)21-7-3-4-13(18)16-17-14(19)9-20-2/h5-6,8H,3-4,7,9H2,1-2H3,(H,16,18)(H,17,19). The summed E-state index contributed by atoms with van der Waals surface area (Å²) in [6.45, 7) is 2.21. The van der Waals surface area contributed by atoms with E-state index in [0.29, 0.717) is 18.1 Å². The second-order valence-corrected chi connectivity index (χ2v) is 4.83. The molecule has 2 N–H and O–H groups in total. The number of rotatable bonds is 7. The Kier molecular flexibility index (Phi) is 7.56. The minimum absolute atomic E-state index is 0.0980. The van der Waals surface area contributed by atoms with Crippen molar-refractivity contribution in [2.24, 2.45) is 0 Å². The van der Waals surface area contributed by atoms with Gasteiger partial charge in [-0.2, -0.15) is 0 Å². The van der Waals surface area contributed by atoms with Gasteiger partial charge < -0.3 is 9.47 Å². The number of benzene rings is 1. The average molecular weight is 315 g/mol. The fourth-order valence-electron chi connectivity index (χ4n) is 1.56. The zero-order chi connectivity index (χ0) is 15.7. The molecule has 0 aliphatic rings. The Hall–Kier alpha value is -1.79. The molecule has 116 valence electrons. The molecule has 7 heteroatoms. The first-order valence-corrected chi connectivity index (χ1v) is 6.86. The molecule has 0 atom stereocenters. The molecular formula is C14H19ClN2O4. The topological polar surface area (TPSA) is 76.7 Å². The maximum absolute atomic E-state index is 11.4. The molecule has 0 radical (unpaired) electrons. The van der Waals surface area contributed by atoms with Gasteiger partial charge in [-0.15, -0.1) is 0 Å². The predicted molar refractivity (Wildman–Crippen MR) is 79.1 cm³/mol. The van der Waals surface area contributed by atoms with E-state index >= 15 is 0 Å². The van der Waals surface area contributed by atoms with Crippen molar-refractivity contribution < 1.29 is 19.1 Å². The highest BCUT2D eigenvalue weighted by molar-refractivity contribution is 6.30. The second-order valence-electron chi connectivity index (χ2n) is 4.39. The molecule has 2 amide bonds. The molecule has 0 saturated carbocycles. The molecular weight excluding hydrogens is 296 g/mol. The van der Waals surface area contributed by atoms with Gasteiger partial charge in [0.2, 0.25) is 5.91 Å². The van der Waals surface area contributed by atoms with Crippen molar-refractivity contribution >= 4 is 23.4 Å². The van der Waals surface area contributed by atoms with Crippen LogP contribution >= 0.6 is 11.6 Å². The van der Waals surface area contributed by atoms with Crippen LogP contribution < -0.4 is 15.6 Å². The van der Waals surface area contributed by atoms with Crippen molar-refractivity contribution in [2.45, 2.75) is 19.8 Å². The van der Waals surface area contributed by atoms with Crippen LogP contribution in [0, 0.1) is 6.92 Å². The van der Waals surface area contributed by atoms with Crippen LogP contribution in [0.5, 0.6) is 5.75 Å². The molecule has 1 aromatic rings. The number of aryl methyl sites for hydroxylation is 1. The van der Waals surface area contributed by atoms with Gasteiger partial charge in [0.15, 0.2) is 0 Å². The summed E-state index contributed by atoms with van der Waals surface area (Å²) in [5.41, 5.74) is 5.47. The molecule has 1 aromatic carbocycles. The van der Waals surface area contributed by atoms with Crippen LogP contribution in [0.2, 0.25) is 5.02 Å². The minimum Gasteiger partial charge on any atom is -0.493 e. The second kappa shape index (κ2) is 9.20. The van der Waals surface area contributed by atoms with E-state index in [1.807, 2.05) is 13.0 Å². The van der Waals surface area contributed by atoms with Gasteiger partial charge in [0.1, 0.15) is 12.4 Å². The fourth-order valence-corrected chi connectivity index (χ4v) is 1.79. The van der Waals surface area contributed by atoms with Crippen LogP contribution in [0.1, 0.15) is 18.4 Å². The third kappa shape index (κ3) is 6.97. The van der Waals surface area contributed by atoms with E-state index in [0.717, 1.165) is 11.3 Å². The number of amides is 2. The van der Waals surface area contributed by atoms with E-state index < -0.39 is 5.91 Å². The van der Waals surface area contributed by atoms with Crippen LogP contribution in [0.25, 0.3) is 0 Å². The maximum atomic E-state index is 11.4. The number of ether oxygens (including phenoxy) is 2. The quantitative estimate of drug-likeness (QED) is 0.592. The lowest BCUT2D eigenvalue weighted by Crippen LogP contribution is -2.43. The summed E-state index contributed by atoms with van der Waals surface area (Å²) in [6.07, 6.45) is 0.786. The molecule has 1 rings (SSSR count). The van der Waals surface area contributed by atoms with Crippen LogP contribution in [0.4, 0.5) is 0 Å². The minimum atomic E-state index is -0.404. The molecule has 0 saturated heterocycles. The van der Waals surface area contributed by atoms with Crippen molar-refractivity contribution in [3.8, 4) is 5.75 Å². The fraction of sp³-hybridized carbons (Fsp3) is 0.429. The lowest BCUT2D eigenvalue weighted by molar-refractivity contribution is -0.131. The van der Waals surface area contributed by atoms with E-state index in [4.69, 9.17) is 16.3 Å². The largest absolute Gasteiger partial charge is 0.493 e. The van der Waals surface area contributed by atoms with Crippen LogP contribution in [0.3, 0.4) is 0 Å². The van der Waals surface area contributed by atoms with Gasteiger partial charge in [0.05, 0.1) is 6.61 Å². The van der Waals surface area contributed by atoms with Crippen molar-refractivity contribution in [1.82, 2.24) is 10.9 Å².